The Morgan fingerprint density at radius 2 is 1.73 bits per heavy atom. The Hall–Kier alpha value is -1.63. The fraction of sp³-hybridized carbons (Fsp3) is 0.611. The molecule has 0 unspecified atom stereocenters. The Labute approximate surface area is 156 Å². The van der Waals surface area contributed by atoms with Gasteiger partial charge in [-0.2, -0.15) is 13.2 Å². The largest absolute Gasteiger partial charge is 0.417 e. The van der Waals surface area contributed by atoms with Gasteiger partial charge in [-0.25, -0.2) is 4.79 Å². The minimum absolute atomic E-state index is 0.0661. The summed E-state index contributed by atoms with van der Waals surface area (Å²) in [6.45, 7) is 1.97. The topological polar surface area (TPSA) is 35.6 Å². The predicted molar refractivity (Wildman–Crippen MR) is 95.6 cm³/mol. The number of hydrogen-bond acceptors (Lipinski definition) is 2. The SMILES string of the molecule is O=C(NC1CCCCC1)N1CCN(c2ccc(Cl)c(C(F)(F)F)c2)CC1. The van der Waals surface area contributed by atoms with Gasteiger partial charge in [-0.3, -0.25) is 0 Å². The highest BCUT2D eigenvalue weighted by atomic mass is 35.5. The Morgan fingerprint density at radius 3 is 2.35 bits per heavy atom. The number of alkyl halides is 3. The van der Waals surface area contributed by atoms with E-state index in [1.54, 1.807) is 11.0 Å². The zero-order valence-electron chi connectivity index (χ0n) is 14.5. The van der Waals surface area contributed by atoms with Crippen molar-refractivity contribution < 1.29 is 18.0 Å². The third-order valence-corrected chi connectivity index (χ3v) is 5.45. The highest BCUT2D eigenvalue weighted by molar-refractivity contribution is 6.31. The molecule has 2 amide bonds. The molecule has 2 aliphatic rings. The number of carbonyl (C=O) groups is 1. The molecule has 1 saturated heterocycles. The van der Waals surface area contributed by atoms with Crippen molar-refractivity contribution in [3.8, 4) is 0 Å². The van der Waals surface area contributed by atoms with Crippen LogP contribution in [0.15, 0.2) is 18.2 Å². The molecule has 0 spiro atoms. The first-order chi connectivity index (χ1) is 12.3. The monoisotopic (exact) mass is 389 g/mol. The average molecular weight is 390 g/mol. The summed E-state index contributed by atoms with van der Waals surface area (Å²) in [5, 5.41) is 2.78. The van der Waals surface area contributed by atoms with Crippen LogP contribution >= 0.6 is 11.6 Å². The number of nitrogens with one attached hydrogen (secondary N) is 1. The Balaban J connectivity index is 1.57. The smallest absolute Gasteiger partial charge is 0.368 e. The molecule has 3 rings (SSSR count). The summed E-state index contributed by atoms with van der Waals surface area (Å²) >= 11 is 5.68. The van der Waals surface area contributed by atoms with Gasteiger partial charge in [0.2, 0.25) is 0 Å². The molecule has 1 aromatic carbocycles. The molecule has 8 heteroatoms. The fourth-order valence-corrected chi connectivity index (χ4v) is 3.83. The standard InChI is InChI=1S/C18H23ClF3N3O/c19-16-7-6-14(12-15(16)18(20,21)22)24-8-10-25(11-9-24)17(26)23-13-4-2-1-3-5-13/h6-7,12-13H,1-5,8-11H2,(H,23,26). The second kappa shape index (κ2) is 7.94. The number of nitrogens with zero attached hydrogens (tertiary/aromatic N) is 2. The number of rotatable bonds is 2. The molecular weight excluding hydrogens is 367 g/mol. The van der Waals surface area contributed by atoms with Crippen LogP contribution in [-0.2, 0) is 6.18 Å². The van der Waals surface area contributed by atoms with E-state index in [0.29, 0.717) is 31.9 Å². The lowest BCUT2D eigenvalue weighted by Crippen LogP contribution is -2.53. The predicted octanol–water partition coefficient (Wildman–Crippen LogP) is 4.52. The van der Waals surface area contributed by atoms with Crippen molar-refractivity contribution in [2.45, 2.75) is 44.3 Å². The molecular formula is C18H23ClF3N3O. The van der Waals surface area contributed by atoms with E-state index in [-0.39, 0.29) is 17.1 Å². The first-order valence-corrected chi connectivity index (χ1v) is 9.39. The van der Waals surface area contributed by atoms with Gasteiger partial charge in [-0.1, -0.05) is 30.9 Å². The number of benzene rings is 1. The molecule has 1 heterocycles. The van der Waals surface area contributed by atoms with Gasteiger partial charge in [0.15, 0.2) is 0 Å². The van der Waals surface area contributed by atoms with Crippen LogP contribution in [0.2, 0.25) is 5.02 Å². The van der Waals surface area contributed by atoms with Crippen LogP contribution in [0.5, 0.6) is 0 Å². The normalized spacial score (nSPS) is 19.5. The van der Waals surface area contributed by atoms with Gasteiger partial charge in [0.1, 0.15) is 0 Å². The average Bonchev–Trinajstić information content (AvgIpc) is 2.62. The Morgan fingerprint density at radius 1 is 1.08 bits per heavy atom. The van der Waals surface area contributed by atoms with Crippen molar-refractivity contribution in [2.24, 2.45) is 0 Å². The number of carbonyl (C=O) groups excluding carboxylic acids is 1. The first kappa shape index (κ1) is 19.1. The molecule has 1 aliphatic heterocycles. The molecule has 0 atom stereocenters. The zero-order valence-corrected chi connectivity index (χ0v) is 15.2. The minimum atomic E-state index is -4.48. The van der Waals surface area contributed by atoms with E-state index in [4.69, 9.17) is 11.6 Å². The van der Waals surface area contributed by atoms with Crippen molar-refractivity contribution in [3.63, 3.8) is 0 Å². The molecule has 0 aromatic heterocycles. The number of urea groups is 1. The number of halogens is 4. The molecule has 1 aliphatic carbocycles. The number of amides is 2. The third-order valence-electron chi connectivity index (χ3n) is 5.12. The van der Waals surface area contributed by atoms with Crippen LogP contribution in [0, 0.1) is 0 Å². The lowest BCUT2D eigenvalue weighted by molar-refractivity contribution is -0.137. The maximum Gasteiger partial charge on any atom is 0.417 e. The van der Waals surface area contributed by atoms with Crippen LogP contribution in [0.1, 0.15) is 37.7 Å². The summed E-state index contributed by atoms with van der Waals surface area (Å²) in [6, 6.07) is 4.14. The molecule has 1 aromatic rings. The Bertz CT molecular complexity index is 639. The zero-order chi connectivity index (χ0) is 18.7. The second-order valence-electron chi connectivity index (χ2n) is 6.92. The van der Waals surface area contributed by atoms with E-state index in [0.717, 1.165) is 31.7 Å². The molecule has 0 radical (unpaired) electrons. The van der Waals surface area contributed by atoms with E-state index in [2.05, 4.69) is 5.32 Å². The number of piperazine rings is 1. The summed E-state index contributed by atoms with van der Waals surface area (Å²) in [6.07, 6.45) is 1.10. The van der Waals surface area contributed by atoms with Crippen LogP contribution < -0.4 is 10.2 Å². The molecule has 2 fully saturated rings. The summed E-state index contributed by atoms with van der Waals surface area (Å²) in [5.74, 6) is 0. The molecule has 4 nitrogen and oxygen atoms in total. The van der Waals surface area contributed by atoms with Crippen LogP contribution in [0.25, 0.3) is 0 Å². The highest BCUT2D eigenvalue weighted by Gasteiger charge is 2.34. The maximum absolute atomic E-state index is 13.0. The van der Waals surface area contributed by atoms with Gasteiger partial charge in [-0.15, -0.1) is 0 Å². The van der Waals surface area contributed by atoms with Crippen molar-refractivity contribution in [1.29, 1.82) is 0 Å². The fourth-order valence-electron chi connectivity index (χ4n) is 3.61. The van der Waals surface area contributed by atoms with E-state index in [9.17, 15) is 18.0 Å². The van der Waals surface area contributed by atoms with Gasteiger partial charge in [0, 0.05) is 37.9 Å². The van der Waals surface area contributed by atoms with Crippen molar-refractivity contribution >= 4 is 23.3 Å². The van der Waals surface area contributed by atoms with Crippen LogP contribution in [0.3, 0.4) is 0 Å². The lowest BCUT2D eigenvalue weighted by atomic mass is 9.96. The summed E-state index contributed by atoms with van der Waals surface area (Å²) < 4.78 is 39.1. The Kier molecular flexibility index (Phi) is 5.85. The minimum Gasteiger partial charge on any atom is -0.368 e. The number of anilines is 1. The number of hydrogen-bond donors (Lipinski definition) is 1. The summed E-state index contributed by atoms with van der Waals surface area (Å²) in [4.78, 5) is 16.0. The van der Waals surface area contributed by atoms with Gasteiger partial charge in [0.25, 0.3) is 0 Å². The summed E-state index contributed by atoms with van der Waals surface area (Å²) in [5.41, 5.74) is -0.344. The van der Waals surface area contributed by atoms with Crippen molar-refractivity contribution in [1.82, 2.24) is 10.2 Å². The molecule has 26 heavy (non-hydrogen) atoms. The first-order valence-electron chi connectivity index (χ1n) is 9.02. The van der Waals surface area contributed by atoms with Gasteiger partial charge in [-0.05, 0) is 31.0 Å². The van der Waals surface area contributed by atoms with Crippen molar-refractivity contribution in [2.75, 3.05) is 31.1 Å². The molecule has 1 saturated carbocycles. The molecule has 0 bridgehead atoms. The second-order valence-corrected chi connectivity index (χ2v) is 7.33. The summed E-state index contributed by atoms with van der Waals surface area (Å²) in [7, 11) is 0. The molecule has 144 valence electrons. The van der Waals surface area contributed by atoms with E-state index in [1.165, 1.54) is 12.5 Å². The van der Waals surface area contributed by atoms with E-state index < -0.39 is 11.7 Å². The van der Waals surface area contributed by atoms with Gasteiger partial charge < -0.3 is 15.1 Å². The maximum atomic E-state index is 13.0. The van der Waals surface area contributed by atoms with Crippen LogP contribution in [-0.4, -0.2) is 43.2 Å². The van der Waals surface area contributed by atoms with Gasteiger partial charge in [0.05, 0.1) is 10.6 Å². The van der Waals surface area contributed by atoms with Crippen LogP contribution in [0.4, 0.5) is 23.7 Å². The lowest BCUT2D eigenvalue weighted by Gasteiger charge is -2.37. The van der Waals surface area contributed by atoms with E-state index >= 15 is 0 Å². The third kappa shape index (κ3) is 4.55. The van der Waals surface area contributed by atoms with Gasteiger partial charge >= 0.3 is 12.2 Å². The molecule has 1 N–H and O–H groups in total. The van der Waals surface area contributed by atoms with Crippen molar-refractivity contribution in [3.05, 3.63) is 28.8 Å². The van der Waals surface area contributed by atoms with E-state index in [1.807, 2.05) is 4.90 Å². The quantitative estimate of drug-likeness (QED) is 0.807. The highest BCUT2D eigenvalue weighted by Crippen LogP contribution is 2.37.